The number of fused-ring (bicyclic) bond motifs is 1. The smallest absolute Gasteiger partial charge is 0.226 e. The zero-order chi connectivity index (χ0) is 12.5. The Morgan fingerprint density at radius 2 is 1.83 bits per heavy atom. The lowest BCUT2D eigenvalue weighted by atomic mass is 9.93. The van der Waals surface area contributed by atoms with Crippen molar-refractivity contribution >= 4 is 5.91 Å². The number of nitrogens with zero attached hydrogens (tertiary/aromatic N) is 1. The predicted molar refractivity (Wildman–Crippen MR) is 72.1 cm³/mol. The Balaban J connectivity index is 1.79. The average Bonchev–Trinajstić information content (AvgIpc) is 2.91. The van der Waals surface area contributed by atoms with E-state index in [-0.39, 0.29) is 0 Å². The highest BCUT2D eigenvalue weighted by Crippen LogP contribution is 2.30. The van der Waals surface area contributed by atoms with E-state index in [0.717, 1.165) is 25.8 Å². The van der Waals surface area contributed by atoms with Crippen LogP contribution in [0.3, 0.4) is 0 Å². The molecule has 1 fully saturated rings. The van der Waals surface area contributed by atoms with Crippen molar-refractivity contribution < 1.29 is 4.79 Å². The molecule has 1 amide bonds. The molecule has 96 valence electrons. The molecule has 2 heteroatoms. The van der Waals surface area contributed by atoms with Crippen LogP contribution in [-0.2, 0) is 17.8 Å². The molecule has 3 rings (SSSR count). The maximum atomic E-state index is 12.5. The Labute approximate surface area is 109 Å². The Morgan fingerprint density at radius 3 is 2.56 bits per heavy atom. The fraction of sp³-hybridized carbons (Fsp3) is 0.562. The highest BCUT2D eigenvalue weighted by atomic mass is 16.2. The third-order valence-corrected chi connectivity index (χ3v) is 4.49. The largest absolute Gasteiger partial charge is 0.335 e. The van der Waals surface area contributed by atoms with E-state index in [0.29, 0.717) is 17.9 Å². The molecule has 0 radical (unpaired) electrons. The molecule has 1 atom stereocenters. The topological polar surface area (TPSA) is 20.3 Å². The van der Waals surface area contributed by atoms with Crippen LogP contribution in [0.15, 0.2) is 24.3 Å². The van der Waals surface area contributed by atoms with Crippen LogP contribution in [0.25, 0.3) is 0 Å². The lowest BCUT2D eigenvalue weighted by Gasteiger charge is -2.36. The molecule has 1 heterocycles. The van der Waals surface area contributed by atoms with Crippen LogP contribution in [0.1, 0.15) is 43.7 Å². The van der Waals surface area contributed by atoms with E-state index in [2.05, 4.69) is 36.1 Å². The molecule has 1 aliphatic carbocycles. The van der Waals surface area contributed by atoms with Gasteiger partial charge >= 0.3 is 0 Å². The highest BCUT2D eigenvalue weighted by molar-refractivity contribution is 5.79. The lowest BCUT2D eigenvalue weighted by Crippen LogP contribution is -2.44. The summed E-state index contributed by atoms with van der Waals surface area (Å²) >= 11 is 0. The van der Waals surface area contributed by atoms with Crippen LogP contribution in [0.5, 0.6) is 0 Å². The second-order valence-electron chi connectivity index (χ2n) is 5.77. The van der Waals surface area contributed by atoms with Crippen molar-refractivity contribution in [3.63, 3.8) is 0 Å². The molecule has 0 N–H and O–H groups in total. The average molecular weight is 243 g/mol. The standard InChI is InChI=1S/C16H21NO/c1-12-10-14-8-4-5-9-15(14)11-17(12)16(18)13-6-2-3-7-13/h4-5,8-9,12-13H,2-3,6-7,10-11H2,1H3. The summed E-state index contributed by atoms with van der Waals surface area (Å²) in [5.74, 6) is 0.701. The van der Waals surface area contributed by atoms with Crippen LogP contribution < -0.4 is 0 Å². The second kappa shape index (κ2) is 4.75. The fourth-order valence-electron chi connectivity index (χ4n) is 3.38. The molecular weight excluding hydrogens is 222 g/mol. The van der Waals surface area contributed by atoms with Gasteiger partial charge in [-0.25, -0.2) is 0 Å². The Bertz CT molecular complexity index is 448. The normalized spacial score (nSPS) is 24.1. The number of benzene rings is 1. The van der Waals surface area contributed by atoms with Gasteiger partial charge in [0.05, 0.1) is 0 Å². The first-order valence-electron chi connectivity index (χ1n) is 7.13. The molecule has 0 aromatic heterocycles. The maximum Gasteiger partial charge on any atom is 0.226 e. The van der Waals surface area contributed by atoms with Crippen molar-refractivity contribution in [1.29, 1.82) is 0 Å². The van der Waals surface area contributed by atoms with Gasteiger partial charge in [0.15, 0.2) is 0 Å². The van der Waals surface area contributed by atoms with Crippen molar-refractivity contribution in [2.45, 2.75) is 51.6 Å². The van der Waals surface area contributed by atoms with Gasteiger partial charge in [-0.1, -0.05) is 37.1 Å². The van der Waals surface area contributed by atoms with Crippen molar-refractivity contribution in [3.8, 4) is 0 Å². The van der Waals surface area contributed by atoms with Gasteiger partial charge in [0.1, 0.15) is 0 Å². The molecule has 0 saturated heterocycles. The molecule has 2 aliphatic rings. The minimum absolute atomic E-state index is 0.303. The zero-order valence-electron chi connectivity index (χ0n) is 11.1. The van der Waals surface area contributed by atoms with Crippen LogP contribution in [-0.4, -0.2) is 16.8 Å². The number of amides is 1. The van der Waals surface area contributed by atoms with Gasteiger partial charge in [-0.2, -0.15) is 0 Å². The molecule has 18 heavy (non-hydrogen) atoms. The summed E-state index contributed by atoms with van der Waals surface area (Å²) in [7, 11) is 0. The van der Waals surface area contributed by atoms with Crippen LogP contribution >= 0.6 is 0 Å². The second-order valence-corrected chi connectivity index (χ2v) is 5.77. The van der Waals surface area contributed by atoms with E-state index in [9.17, 15) is 4.79 Å². The number of carbonyl (C=O) groups excluding carboxylic acids is 1. The minimum Gasteiger partial charge on any atom is -0.335 e. The molecule has 0 bridgehead atoms. The van der Waals surface area contributed by atoms with Crippen LogP contribution in [0.2, 0.25) is 0 Å². The maximum absolute atomic E-state index is 12.5. The van der Waals surface area contributed by atoms with Gasteiger partial charge in [-0.3, -0.25) is 4.79 Å². The quantitative estimate of drug-likeness (QED) is 0.742. The molecular formula is C16H21NO. The van der Waals surface area contributed by atoms with Gasteiger partial charge in [0.25, 0.3) is 0 Å². The number of rotatable bonds is 1. The SMILES string of the molecule is CC1Cc2ccccc2CN1C(=O)C1CCCC1. The van der Waals surface area contributed by atoms with Gasteiger partial charge in [-0.15, -0.1) is 0 Å². The summed E-state index contributed by atoms with van der Waals surface area (Å²) in [6.07, 6.45) is 5.67. The zero-order valence-corrected chi connectivity index (χ0v) is 11.1. The Hall–Kier alpha value is -1.31. The molecule has 0 spiro atoms. The summed E-state index contributed by atoms with van der Waals surface area (Å²) in [5.41, 5.74) is 2.75. The van der Waals surface area contributed by atoms with E-state index in [1.54, 1.807) is 0 Å². The van der Waals surface area contributed by atoms with Gasteiger partial charge in [-0.05, 0) is 37.3 Å². The first-order chi connectivity index (χ1) is 8.75. The molecule has 1 unspecified atom stereocenters. The fourth-order valence-corrected chi connectivity index (χ4v) is 3.38. The lowest BCUT2D eigenvalue weighted by molar-refractivity contribution is -0.138. The third kappa shape index (κ3) is 2.05. The molecule has 1 aliphatic heterocycles. The minimum atomic E-state index is 0.303. The van der Waals surface area contributed by atoms with E-state index in [4.69, 9.17) is 0 Å². The van der Waals surface area contributed by atoms with Crippen LogP contribution in [0.4, 0.5) is 0 Å². The molecule has 1 aromatic rings. The van der Waals surface area contributed by atoms with Crippen molar-refractivity contribution in [2.75, 3.05) is 0 Å². The number of hydrogen-bond acceptors (Lipinski definition) is 1. The first-order valence-corrected chi connectivity index (χ1v) is 7.13. The summed E-state index contributed by atoms with van der Waals surface area (Å²) in [6, 6.07) is 8.89. The summed E-state index contributed by atoms with van der Waals surface area (Å²) < 4.78 is 0. The van der Waals surface area contributed by atoms with Gasteiger partial charge in [0, 0.05) is 18.5 Å². The molecule has 1 saturated carbocycles. The Morgan fingerprint density at radius 1 is 1.17 bits per heavy atom. The van der Waals surface area contributed by atoms with E-state index in [1.807, 2.05) is 0 Å². The van der Waals surface area contributed by atoms with E-state index >= 15 is 0 Å². The monoisotopic (exact) mass is 243 g/mol. The van der Waals surface area contributed by atoms with Crippen molar-refractivity contribution in [3.05, 3.63) is 35.4 Å². The summed E-state index contributed by atoms with van der Waals surface area (Å²) in [4.78, 5) is 14.7. The van der Waals surface area contributed by atoms with Gasteiger partial charge < -0.3 is 4.90 Å². The van der Waals surface area contributed by atoms with Gasteiger partial charge in [0.2, 0.25) is 5.91 Å². The molecule has 1 aromatic carbocycles. The third-order valence-electron chi connectivity index (χ3n) is 4.49. The van der Waals surface area contributed by atoms with Crippen molar-refractivity contribution in [1.82, 2.24) is 4.90 Å². The number of carbonyl (C=O) groups is 1. The van der Waals surface area contributed by atoms with E-state index < -0.39 is 0 Å². The number of hydrogen-bond donors (Lipinski definition) is 0. The van der Waals surface area contributed by atoms with Crippen LogP contribution in [0, 0.1) is 5.92 Å². The summed E-state index contributed by atoms with van der Waals surface area (Å²) in [6.45, 7) is 3.00. The molecule has 2 nitrogen and oxygen atoms in total. The van der Waals surface area contributed by atoms with E-state index in [1.165, 1.54) is 24.0 Å². The Kier molecular flexibility index (Phi) is 3.11. The highest BCUT2D eigenvalue weighted by Gasteiger charge is 2.32. The first kappa shape index (κ1) is 11.8. The summed E-state index contributed by atoms with van der Waals surface area (Å²) in [5, 5.41) is 0. The van der Waals surface area contributed by atoms with Crippen molar-refractivity contribution in [2.24, 2.45) is 5.92 Å². The predicted octanol–water partition coefficient (Wildman–Crippen LogP) is 3.15.